The molecule has 0 aliphatic carbocycles. The summed E-state index contributed by atoms with van der Waals surface area (Å²) in [6.07, 6.45) is 1.44. The average Bonchev–Trinajstić information content (AvgIpc) is 2.31. The summed E-state index contributed by atoms with van der Waals surface area (Å²) in [6.45, 7) is 9.68. The van der Waals surface area contributed by atoms with Crippen LogP contribution in [-0.4, -0.2) is 33.4 Å². The minimum Gasteiger partial charge on any atom is -0.273 e. The van der Waals surface area contributed by atoms with Gasteiger partial charge in [0.1, 0.15) is 4.90 Å². The Labute approximate surface area is 116 Å². The zero-order valence-electron chi connectivity index (χ0n) is 12.7. The van der Waals surface area contributed by atoms with Crippen molar-refractivity contribution in [2.75, 3.05) is 14.1 Å². The number of nitrogens with zero attached hydrogens (tertiary/aromatic N) is 1. The molecule has 0 aromatic heterocycles. The van der Waals surface area contributed by atoms with Crippen molar-refractivity contribution in [2.45, 2.75) is 39.5 Å². The van der Waals surface area contributed by atoms with Crippen molar-refractivity contribution >= 4 is 16.4 Å². The zero-order chi connectivity index (χ0) is 15.0. The maximum absolute atomic E-state index is 12.4. The summed E-state index contributed by atoms with van der Waals surface area (Å²) in [4.78, 5) is 0.395. The molecule has 0 unspecified atom stereocenters. The van der Waals surface area contributed by atoms with Gasteiger partial charge in [0.15, 0.2) is 0 Å². The van der Waals surface area contributed by atoms with Crippen molar-refractivity contribution in [1.82, 2.24) is 4.72 Å². The van der Waals surface area contributed by atoms with E-state index in [9.17, 15) is 8.42 Å². The van der Waals surface area contributed by atoms with Crippen LogP contribution in [0, 0.1) is 34.6 Å². The summed E-state index contributed by atoms with van der Waals surface area (Å²) in [5.74, 6) is 0. The largest absolute Gasteiger partial charge is 0.328 e. The molecule has 0 atom stereocenters. The van der Waals surface area contributed by atoms with Crippen LogP contribution in [0.15, 0.2) is 4.90 Å². The molecule has 1 rings (SSSR count). The van der Waals surface area contributed by atoms with Crippen LogP contribution in [0.3, 0.4) is 0 Å². The van der Waals surface area contributed by atoms with Crippen LogP contribution in [0.4, 0.5) is 0 Å². The fourth-order valence-electron chi connectivity index (χ4n) is 2.10. The normalized spacial score (nSPS) is 11.3. The van der Waals surface area contributed by atoms with E-state index in [2.05, 4.69) is 4.72 Å². The van der Waals surface area contributed by atoms with E-state index in [1.807, 2.05) is 34.6 Å². The SMILES string of the molecule is Cc1c(C)c(C)c(S(=O)(=O)NC=[N+](C)C)c(C)c1C. The van der Waals surface area contributed by atoms with Gasteiger partial charge in [0.2, 0.25) is 6.34 Å². The van der Waals surface area contributed by atoms with Crippen LogP contribution in [0.25, 0.3) is 0 Å². The van der Waals surface area contributed by atoms with E-state index < -0.39 is 10.0 Å². The monoisotopic (exact) mass is 283 g/mol. The predicted molar refractivity (Wildman–Crippen MR) is 78.6 cm³/mol. The first-order chi connectivity index (χ1) is 8.59. The van der Waals surface area contributed by atoms with Crippen molar-refractivity contribution in [3.05, 3.63) is 27.8 Å². The predicted octanol–water partition coefficient (Wildman–Crippen LogP) is 1.81. The molecule has 4 nitrogen and oxygen atoms in total. The summed E-state index contributed by atoms with van der Waals surface area (Å²) in [5.41, 5.74) is 4.87. The van der Waals surface area contributed by atoms with Crippen molar-refractivity contribution in [2.24, 2.45) is 0 Å². The molecular formula is C14H23N2O2S+. The van der Waals surface area contributed by atoms with Crippen molar-refractivity contribution in [1.29, 1.82) is 0 Å². The molecule has 0 aliphatic rings. The first-order valence-electron chi connectivity index (χ1n) is 6.18. The third kappa shape index (κ3) is 2.97. The fraction of sp³-hybridized carbons (Fsp3) is 0.500. The molecule has 0 radical (unpaired) electrons. The Morgan fingerprint density at radius 2 is 1.21 bits per heavy atom. The number of hydrogen-bond acceptors (Lipinski definition) is 2. The Kier molecular flexibility index (Phi) is 4.40. The molecule has 0 heterocycles. The molecule has 0 spiro atoms. The van der Waals surface area contributed by atoms with Crippen LogP contribution in [0.5, 0.6) is 0 Å². The number of hydrogen-bond donors (Lipinski definition) is 1. The maximum Gasteiger partial charge on any atom is 0.328 e. The van der Waals surface area contributed by atoms with Crippen LogP contribution >= 0.6 is 0 Å². The molecule has 106 valence electrons. The van der Waals surface area contributed by atoms with Gasteiger partial charge in [-0.25, -0.2) is 0 Å². The highest BCUT2D eigenvalue weighted by atomic mass is 32.2. The van der Waals surface area contributed by atoms with E-state index in [1.165, 1.54) is 6.34 Å². The molecule has 19 heavy (non-hydrogen) atoms. The first kappa shape index (κ1) is 15.7. The van der Waals surface area contributed by atoms with Gasteiger partial charge in [0, 0.05) is 0 Å². The number of benzene rings is 1. The highest BCUT2D eigenvalue weighted by molar-refractivity contribution is 7.90. The molecule has 1 aromatic rings. The van der Waals surface area contributed by atoms with E-state index in [-0.39, 0.29) is 0 Å². The van der Waals surface area contributed by atoms with E-state index in [1.54, 1.807) is 18.7 Å². The quantitative estimate of drug-likeness (QED) is 0.522. The summed E-state index contributed by atoms with van der Waals surface area (Å²) in [7, 11) is 0.0177. The Balaban J connectivity index is 3.56. The standard InChI is InChI=1S/C14H22N2O2S/c1-9-10(2)12(4)14(13(5)11(9)3)19(17,18)15-8-16(6)7/h8H,1-7H3/p+1. The molecule has 0 bridgehead atoms. The molecule has 5 heteroatoms. The van der Waals surface area contributed by atoms with Gasteiger partial charge < -0.3 is 0 Å². The lowest BCUT2D eigenvalue weighted by molar-refractivity contribution is -0.460. The minimum absolute atomic E-state index is 0.395. The van der Waals surface area contributed by atoms with E-state index in [0.717, 1.165) is 27.8 Å². The van der Waals surface area contributed by atoms with Gasteiger partial charge in [-0.15, -0.1) is 0 Å². The fourth-order valence-corrected chi connectivity index (χ4v) is 3.68. The number of sulfonamides is 1. The molecule has 0 aliphatic heterocycles. The highest BCUT2D eigenvalue weighted by Gasteiger charge is 2.25. The lowest BCUT2D eigenvalue weighted by Crippen LogP contribution is -2.27. The van der Waals surface area contributed by atoms with E-state index in [4.69, 9.17) is 0 Å². The van der Waals surface area contributed by atoms with Gasteiger partial charge in [-0.05, 0) is 62.4 Å². The number of nitrogens with one attached hydrogen (secondary N) is 1. The smallest absolute Gasteiger partial charge is 0.273 e. The van der Waals surface area contributed by atoms with E-state index >= 15 is 0 Å². The second kappa shape index (κ2) is 5.33. The van der Waals surface area contributed by atoms with Crippen LogP contribution < -0.4 is 4.72 Å². The van der Waals surface area contributed by atoms with Crippen LogP contribution in [-0.2, 0) is 10.0 Å². The molecule has 1 N–H and O–H groups in total. The topological polar surface area (TPSA) is 49.2 Å². The molecular weight excluding hydrogens is 260 g/mol. The van der Waals surface area contributed by atoms with Crippen LogP contribution in [0.1, 0.15) is 27.8 Å². The van der Waals surface area contributed by atoms with Gasteiger partial charge >= 0.3 is 10.0 Å². The van der Waals surface area contributed by atoms with Crippen LogP contribution in [0.2, 0.25) is 0 Å². The Bertz CT molecular complexity index is 611. The lowest BCUT2D eigenvalue weighted by Gasteiger charge is -2.16. The lowest BCUT2D eigenvalue weighted by atomic mass is 9.95. The van der Waals surface area contributed by atoms with Crippen molar-refractivity contribution < 1.29 is 13.0 Å². The zero-order valence-corrected chi connectivity index (χ0v) is 13.6. The van der Waals surface area contributed by atoms with Gasteiger partial charge in [0.05, 0.1) is 14.1 Å². The Morgan fingerprint density at radius 3 is 1.58 bits per heavy atom. The van der Waals surface area contributed by atoms with Gasteiger partial charge in [0.25, 0.3) is 0 Å². The second-order valence-electron chi connectivity index (χ2n) is 5.17. The van der Waals surface area contributed by atoms with Gasteiger partial charge in [-0.1, -0.05) is 0 Å². The van der Waals surface area contributed by atoms with Crippen molar-refractivity contribution in [3.8, 4) is 0 Å². The number of rotatable bonds is 3. The first-order valence-corrected chi connectivity index (χ1v) is 7.67. The van der Waals surface area contributed by atoms with Crippen molar-refractivity contribution in [3.63, 3.8) is 0 Å². The summed E-state index contributed by atoms with van der Waals surface area (Å²) < 4.78 is 29.0. The third-order valence-corrected chi connectivity index (χ3v) is 5.23. The maximum atomic E-state index is 12.4. The van der Waals surface area contributed by atoms with Gasteiger partial charge in [-0.3, -0.25) is 4.58 Å². The molecule has 0 fully saturated rings. The summed E-state index contributed by atoms with van der Waals surface area (Å²) >= 11 is 0. The molecule has 0 saturated carbocycles. The Hall–Kier alpha value is -1.36. The van der Waals surface area contributed by atoms with E-state index in [0.29, 0.717) is 4.90 Å². The minimum atomic E-state index is -3.53. The Morgan fingerprint density at radius 1 is 0.842 bits per heavy atom. The molecule has 0 amide bonds. The van der Waals surface area contributed by atoms with Gasteiger partial charge in [-0.2, -0.15) is 13.1 Å². The molecule has 1 aromatic carbocycles. The summed E-state index contributed by atoms with van der Waals surface area (Å²) in [6, 6.07) is 0. The highest BCUT2D eigenvalue weighted by Crippen LogP contribution is 2.29. The molecule has 0 saturated heterocycles. The third-order valence-electron chi connectivity index (χ3n) is 3.67. The average molecular weight is 283 g/mol. The second-order valence-corrected chi connectivity index (χ2v) is 6.82. The summed E-state index contributed by atoms with van der Waals surface area (Å²) in [5, 5.41) is 0.